The molecule has 4 aromatic rings. The molecular formula is C21H16BrN3O. The number of fused-ring (bicyclic) bond motifs is 1. The van der Waals surface area contributed by atoms with Crippen LogP contribution in [0.1, 0.15) is 15.9 Å². The summed E-state index contributed by atoms with van der Waals surface area (Å²) in [5.41, 5.74) is 1.78. The Bertz CT molecular complexity index is 1080. The number of aromatic nitrogens is 2. The second-order valence-electron chi connectivity index (χ2n) is 6.00. The van der Waals surface area contributed by atoms with Gasteiger partial charge >= 0.3 is 0 Å². The van der Waals surface area contributed by atoms with Crippen LogP contribution in [0.4, 0.5) is 5.82 Å². The SMILES string of the molecule is O=C(Nc1ccn(Cc2cccc3ccccc23)n1)c1cccc(Br)c1. The highest BCUT2D eigenvalue weighted by Gasteiger charge is 2.09. The van der Waals surface area contributed by atoms with Crippen molar-refractivity contribution in [2.75, 3.05) is 5.32 Å². The number of nitrogens with zero attached hydrogens (tertiary/aromatic N) is 2. The van der Waals surface area contributed by atoms with Gasteiger partial charge in [-0.2, -0.15) is 5.10 Å². The van der Waals surface area contributed by atoms with Crippen molar-refractivity contribution in [2.24, 2.45) is 0 Å². The van der Waals surface area contributed by atoms with Gasteiger partial charge in [-0.15, -0.1) is 0 Å². The molecule has 5 heteroatoms. The monoisotopic (exact) mass is 405 g/mol. The number of benzene rings is 3. The van der Waals surface area contributed by atoms with Crippen molar-refractivity contribution in [2.45, 2.75) is 6.54 Å². The Morgan fingerprint density at radius 2 is 1.81 bits per heavy atom. The summed E-state index contributed by atoms with van der Waals surface area (Å²) < 4.78 is 2.70. The van der Waals surface area contributed by atoms with Crippen molar-refractivity contribution in [1.29, 1.82) is 0 Å². The third-order valence-corrected chi connectivity index (χ3v) is 4.67. The summed E-state index contributed by atoms with van der Waals surface area (Å²) in [5, 5.41) is 9.73. The van der Waals surface area contributed by atoms with Crippen LogP contribution in [0.2, 0.25) is 0 Å². The molecule has 0 fully saturated rings. The van der Waals surface area contributed by atoms with Gasteiger partial charge in [0.05, 0.1) is 6.54 Å². The van der Waals surface area contributed by atoms with E-state index in [0.717, 1.165) is 4.47 Å². The van der Waals surface area contributed by atoms with E-state index in [4.69, 9.17) is 0 Å². The molecule has 1 heterocycles. The first-order chi connectivity index (χ1) is 12.7. The van der Waals surface area contributed by atoms with E-state index in [2.05, 4.69) is 56.7 Å². The van der Waals surface area contributed by atoms with Crippen LogP contribution < -0.4 is 5.32 Å². The fraction of sp³-hybridized carbons (Fsp3) is 0.0476. The molecule has 0 atom stereocenters. The molecule has 0 bridgehead atoms. The van der Waals surface area contributed by atoms with Crippen LogP contribution in [0.5, 0.6) is 0 Å². The van der Waals surface area contributed by atoms with Crippen molar-refractivity contribution in [3.05, 3.63) is 94.6 Å². The average molecular weight is 406 g/mol. The maximum Gasteiger partial charge on any atom is 0.256 e. The predicted octanol–water partition coefficient (Wildman–Crippen LogP) is 5.10. The number of anilines is 1. The molecule has 26 heavy (non-hydrogen) atoms. The molecule has 0 radical (unpaired) electrons. The Morgan fingerprint density at radius 1 is 1.00 bits per heavy atom. The molecular weight excluding hydrogens is 390 g/mol. The number of amides is 1. The molecule has 1 aromatic heterocycles. The highest BCUT2D eigenvalue weighted by Crippen LogP contribution is 2.20. The van der Waals surface area contributed by atoms with E-state index in [1.54, 1.807) is 18.2 Å². The molecule has 0 saturated heterocycles. The van der Waals surface area contributed by atoms with Gasteiger partial charge in [0.15, 0.2) is 5.82 Å². The van der Waals surface area contributed by atoms with Crippen molar-refractivity contribution < 1.29 is 4.79 Å². The zero-order valence-electron chi connectivity index (χ0n) is 13.9. The second kappa shape index (κ2) is 7.14. The van der Waals surface area contributed by atoms with Gasteiger partial charge in [-0.05, 0) is 34.5 Å². The van der Waals surface area contributed by atoms with Gasteiger partial charge in [-0.1, -0.05) is 64.5 Å². The topological polar surface area (TPSA) is 46.9 Å². The number of nitrogens with one attached hydrogen (secondary N) is 1. The Kier molecular flexibility index (Phi) is 4.54. The fourth-order valence-corrected chi connectivity index (χ4v) is 3.34. The Labute approximate surface area is 159 Å². The zero-order chi connectivity index (χ0) is 17.9. The lowest BCUT2D eigenvalue weighted by Crippen LogP contribution is -2.12. The first-order valence-electron chi connectivity index (χ1n) is 8.26. The maximum absolute atomic E-state index is 12.3. The maximum atomic E-state index is 12.3. The molecule has 0 aliphatic rings. The number of halogens is 1. The van der Waals surface area contributed by atoms with Gasteiger partial charge in [0, 0.05) is 22.3 Å². The number of hydrogen-bond donors (Lipinski definition) is 1. The highest BCUT2D eigenvalue weighted by molar-refractivity contribution is 9.10. The van der Waals surface area contributed by atoms with Crippen LogP contribution in [-0.4, -0.2) is 15.7 Å². The largest absolute Gasteiger partial charge is 0.305 e. The number of rotatable bonds is 4. The summed E-state index contributed by atoms with van der Waals surface area (Å²) in [4.78, 5) is 12.3. The number of carbonyl (C=O) groups is 1. The molecule has 1 amide bonds. The third-order valence-electron chi connectivity index (χ3n) is 4.18. The van der Waals surface area contributed by atoms with Gasteiger partial charge in [0.1, 0.15) is 0 Å². The molecule has 128 valence electrons. The molecule has 1 N–H and O–H groups in total. The Hall–Kier alpha value is -2.92. The molecule has 4 nitrogen and oxygen atoms in total. The fourth-order valence-electron chi connectivity index (χ4n) is 2.94. The summed E-state index contributed by atoms with van der Waals surface area (Å²) >= 11 is 3.38. The van der Waals surface area contributed by atoms with Crippen LogP contribution in [0, 0.1) is 0 Å². The van der Waals surface area contributed by atoms with Gasteiger partial charge in [-0.25, -0.2) is 0 Å². The molecule has 4 rings (SSSR count). The van der Waals surface area contributed by atoms with E-state index >= 15 is 0 Å². The quantitative estimate of drug-likeness (QED) is 0.513. The summed E-state index contributed by atoms with van der Waals surface area (Å²) in [6, 6.07) is 23.6. The van der Waals surface area contributed by atoms with E-state index in [9.17, 15) is 4.79 Å². The standard InChI is InChI=1S/C21H16BrN3O/c22-18-9-4-7-16(13-18)21(26)23-20-11-12-25(24-20)14-17-8-3-6-15-5-1-2-10-19(15)17/h1-13H,14H2,(H,23,24,26). The molecule has 0 spiro atoms. The summed E-state index contributed by atoms with van der Waals surface area (Å²) in [5.74, 6) is 0.358. The summed E-state index contributed by atoms with van der Waals surface area (Å²) in [6.45, 7) is 0.647. The van der Waals surface area contributed by atoms with Crippen LogP contribution >= 0.6 is 15.9 Å². The molecule has 3 aromatic carbocycles. The number of carbonyl (C=O) groups excluding carboxylic acids is 1. The first kappa shape index (κ1) is 16.5. The Morgan fingerprint density at radius 3 is 2.69 bits per heavy atom. The van der Waals surface area contributed by atoms with Crippen LogP contribution in [0.15, 0.2) is 83.5 Å². The van der Waals surface area contributed by atoms with E-state index < -0.39 is 0 Å². The minimum Gasteiger partial charge on any atom is -0.305 e. The molecule has 0 saturated carbocycles. The van der Waals surface area contributed by atoms with Crippen LogP contribution in [0.25, 0.3) is 10.8 Å². The minimum absolute atomic E-state index is 0.179. The molecule has 0 aliphatic carbocycles. The lowest BCUT2D eigenvalue weighted by Gasteiger charge is -2.07. The first-order valence-corrected chi connectivity index (χ1v) is 9.05. The number of hydrogen-bond acceptors (Lipinski definition) is 2. The van der Waals surface area contributed by atoms with E-state index in [1.165, 1.54) is 16.3 Å². The van der Waals surface area contributed by atoms with Gasteiger partial charge in [0.25, 0.3) is 5.91 Å². The normalized spacial score (nSPS) is 10.8. The lowest BCUT2D eigenvalue weighted by atomic mass is 10.0. The van der Waals surface area contributed by atoms with Gasteiger partial charge < -0.3 is 5.32 Å². The minimum atomic E-state index is -0.179. The summed E-state index contributed by atoms with van der Waals surface area (Å²) in [6.07, 6.45) is 1.87. The van der Waals surface area contributed by atoms with Crippen molar-refractivity contribution in [1.82, 2.24) is 9.78 Å². The van der Waals surface area contributed by atoms with Crippen molar-refractivity contribution in [3.8, 4) is 0 Å². The zero-order valence-corrected chi connectivity index (χ0v) is 15.5. The smallest absolute Gasteiger partial charge is 0.256 e. The molecule has 0 unspecified atom stereocenters. The lowest BCUT2D eigenvalue weighted by molar-refractivity contribution is 0.102. The predicted molar refractivity (Wildman–Crippen MR) is 107 cm³/mol. The molecule has 0 aliphatic heterocycles. The van der Waals surface area contributed by atoms with Crippen LogP contribution in [0.3, 0.4) is 0 Å². The van der Waals surface area contributed by atoms with Crippen LogP contribution in [-0.2, 0) is 6.54 Å². The second-order valence-corrected chi connectivity index (χ2v) is 6.92. The van der Waals surface area contributed by atoms with Crippen molar-refractivity contribution >= 4 is 38.4 Å². The average Bonchev–Trinajstić information content (AvgIpc) is 3.09. The van der Waals surface area contributed by atoms with E-state index in [-0.39, 0.29) is 5.91 Å². The highest BCUT2D eigenvalue weighted by atomic mass is 79.9. The van der Waals surface area contributed by atoms with Gasteiger partial charge in [0.2, 0.25) is 0 Å². The third kappa shape index (κ3) is 3.53. The van der Waals surface area contributed by atoms with E-state index in [1.807, 2.05) is 35.1 Å². The van der Waals surface area contributed by atoms with E-state index in [0.29, 0.717) is 17.9 Å². The summed E-state index contributed by atoms with van der Waals surface area (Å²) in [7, 11) is 0. The Balaban J connectivity index is 1.52. The van der Waals surface area contributed by atoms with Crippen molar-refractivity contribution in [3.63, 3.8) is 0 Å². The van der Waals surface area contributed by atoms with Gasteiger partial charge in [-0.3, -0.25) is 9.48 Å².